The molecule has 5 nitrogen and oxygen atoms in total. The number of aromatic nitrogens is 2. The third-order valence-electron chi connectivity index (χ3n) is 7.85. The molecule has 2 unspecified atom stereocenters. The average Bonchev–Trinajstić information content (AvgIpc) is 3.54. The van der Waals surface area contributed by atoms with Gasteiger partial charge in [-0.3, -0.25) is 4.79 Å². The molecule has 6 heteroatoms. The second-order valence-electron chi connectivity index (χ2n) is 10.0. The molecule has 3 aliphatic rings. The highest BCUT2D eigenvalue weighted by molar-refractivity contribution is 6.31. The summed E-state index contributed by atoms with van der Waals surface area (Å²) in [6, 6.07) is 15.5. The van der Waals surface area contributed by atoms with Gasteiger partial charge >= 0.3 is 0 Å². The van der Waals surface area contributed by atoms with Crippen molar-refractivity contribution in [1.29, 1.82) is 0 Å². The second-order valence-corrected chi connectivity index (χ2v) is 10.4. The molecule has 6 rings (SSSR count). The van der Waals surface area contributed by atoms with Gasteiger partial charge in [-0.25, -0.2) is 9.97 Å². The zero-order valence-corrected chi connectivity index (χ0v) is 19.8. The Bertz CT molecular complexity index is 1230. The molecule has 2 bridgehead atoms. The largest absolute Gasteiger partial charge is 0.339 e. The highest BCUT2D eigenvalue weighted by Gasteiger charge is 2.43. The van der Waals surface area contributed by atoms with Gasteiger partial charge in [-0.05, 0) is 68.7 Å². The highest BCUT2D eigenvalue weighted by atomic mass is 35.5. The van der Waals surface area contributed by atoms with Gasteiger partial charge in [0.15, 0.2) is 0 Å². The first-order chi connectivity index (χ1) is 16.0. The van der Waals surface area contributed by atoms with E-state index in [9.17, 15) is 4.79 Å². The fraction of sp³-hybridized carbons (Fsp3) is 0.444. The molecule has 0 spiro atoms. The van der Waals surface area contributed by atoms with Gasteiger partial charge in [0.2, 0.25) is 0 Å². The maximum absolute atomic E-state index is 13.2. The number of hydrogen-bond acceptors (Lipinski definition) is 4. The number of para-hydroxylation sites is 1. The van der Waals surface area contributed by atoms with Crippen molar-refractivity contribution < 1.29 is 4.79 Å². The van der Waals surface area contributed by atoms with Crippen molar-refractivity contribution in [3.63, 3.8) is 0 Å². The molecule has 170 valence electrons. The third-order valence-corrected chi connectivity index (χ3v) is 8.18. The van der Waals surface area contributed by atoms with E-state index in [4.69, 9.17) is 16.6 Å². The number of carbonyl (C=O) groups is 1. The topological polar surface area (TPSA) is 58.1 Å². The summed E-state index contributed by atoms with van der Waals surface area (Å²) in [4.78, 5) is 24.5. The summed E-state index contributed by atoms with van der Waals surface area (Å²) in [5.41, 5.74) is 3.89. The molecule has 1 saturated carbocycles. The summed E-state index contributed by atoms with van der Waals surface area (Å²) < 4.78 is 0. The van der Waals surface area contributed by atoms with E-state index in [1.165, 1.54) is 12.8 Å². The first-order valence-electron chi connectivity index (χ1n) is 12.0. The Morgan fingerprint density at radius 2 is 1.79 bits per heavy atom. The van der Waals surface area contributed by atoms with Crippen molar-refractivity contribution in [2.45, 2.75) is 69.0 Å². The molecule has 1 N–H and O–H groups in total. The first kappa shape index (κ1) is 21.1. The van der Waals surface area contributed by atoms with Gasteiger partial charge in [-0.1, -0.05) is 35.9 Å². The number of amides is 1. The van der Waals surface area contributed by atoms with Crippen LogP contribution in [-0.4, -0.2) is 45.9 Å². The first-order valence-corrected chi connectivity index (χ1v) is 12.4. The number of nitrogens with one attached hydrogen (secondary N) is 1. The van der Waals surface area contributed by atoms with Crippen LogP contribution in [0.1, 0.15) is 71.4 Å². The van der Waals surface area contributed by atoms with E-state index in [-0.39, 0.29) is 5.91 Å². The SMILES string of the molecule is Cc1nc([C@@H]2C[C@H]2c2ccc(C(=O)N(C)C3CC4CCC(C3)N4)cc2Cl)c2ccccc2n1. The van der Waals surface area contributed by atoms with Crippen LogP contribution in [0, 0.1) is 6.92 Å². The van der Waals surface area contributed by atoms with Gasteiger partial charge < -0.3 is 10.2 Å². The Kier molecular flexibility index (Phi) is 5.15. The molecule has 33 heavy (non-hydrogen) atoms. The quantitative estimate of drug-likeness (QED) is 0.580. The van der Waals surface area contributed by atoms with Crippen molar-refractivity contribution in [3.8, 4) is 0 Å². The Morgan fingerprint density at radius 1 is 1.03 bits per heavy atom. The molecule has 3 heterocycles. The van der Waals surface area contributed by atoms with Crippen LogP contribution in [0.3, 0.4) is 0 Å². The van der Waals surface area contributed by atoms with E-state index >= 15 is 0 Å². The summed E-state index contributed by atoms with van der Waals surface area (Å²) in [6.45, 7) is 1.95. The van der Waals surface area contributed by atoms with Crippen LogP contribution in [0.2, 0.25) is 5.02 Å². The normalized spacial score (nSPS) is 28.2. The van der Waals surface area contributed by atoms with E-state index in [1.54, 1.807) is 0 Å². The van der Waals surface area contributed by atoms with E-state index < -0.39 is 0 Å². The molecule has 0 radical (unpaired) electrons. The van der Waals surface area contributed by atoms with Crippen LogP contribution in [0.15, 0.2) is 42.5 Å². The van der Waals surface area contributed by atoms with Crippen molar-refractivity contribution in [3.05, 3.63) is 70.1 Å². The Balaban J connectivity index is 1.21. The van der Waals surface area contributed by atoms with Crippen LogP contribution in [0.25, 0.3) is 10.9 Å². The lowest BCUT2D eigenvalue weighted by atomic mass is 9.97. The zero-order valence-electron chi connectivity index (χ0n) is 19.1. The lowest BCUT2D eigenvalue weighted by Crippen LogP contribution is -2.48. The molecule has 1 amide bonds. The highest BCUT2D eigenvalue weighted by Crippen LogP contribution is 2.56. The summed E-state index contributed by atoms with van der Waals surface area (Å²) in [6.07, 6.45) is 5.56. The lowest BCUT2D eigenvalue weighted by Gasteiger charge is -2.35. The molecule has 3 fully saturated rings. The molecule has 1 aliphatic carbocycles. The predicted octanol–water partition coefficient (Wildman–Crippen LogP) is 5.22. The van der Waals surface area contributed by atoms with Crippen LogP contribution in [0.4, 0.5) is 0 Å². The van der Waals surface area contributed by atoms with Crippen molar-refractivity contribution in [2.75, 3.05) is 7.05 Å². The number of rotatable bonds is 4. The minimum atomic E-state index is 0.0690. The number of nitrogens with zero attached hydrogens (tertiary/aromatic N) is 3. The second kappa shape index (κ2) is 8.07. The third kappa shape index (κ3) is 3.81. The number of piperidine rings is 1. The van der Waals surface area contributed by atoms with Crippen molar-refractivity contribution in [2.24, 2.45) is 0 Å². The van der Waals surface area contributed by atoms with Gasteiger partial charge in [0.1, 0.15) is 5.82 Å². The maximum Gasteiger partial charge on any atom is 0.253 e. The van der Waals surface area contributed by atoms with Gasteiger partial charge in [0.25, 0.3) is 5.91 Å². The van der Waals surface area contributed by atoms with Gasteiger partial charge in [-0.15, -0.1) is 0 Å². The average molecular weight is 461 g/mol. The number of hydrogen-bond donors (Lipinski definition) is 1. The summed E-state index contributed by atoms with van der Waals surface area (Å²) in [5.74, 6) is 1.54. The van der Waals surface area contributed by atoms with E-state index in [2.05, 4.69) is 22.4 Å². The Morgan fingerprint density at radius 3 is 2.55 bits per heavy atom. The number of aryl methyl sites for hydroxylation is 1. The van der Waals surface area contributed by atoms with Crippen LogP contribution >= 0.6 is 11.6 Å². The summed E-state index contributed by atoms with van der Waals surface area (Å²) >= 11 is 6.74. The maximum atomic E-state index is 13.2. The molecule has 2 aromatic carbocycles. The molecule has 2 aliphatic heterocycles. The number of fused-ring (bicyclic) bond motifs is 3. The van der Waals surface area contributed by atoms with E-state index in [0.717, 1.165) is 47.2 Å². The minimum absolute atomic E-state index is 0.0690. The molecular weight excluding hydrogens is 432 g/mol. The van der Waals surface area contributed by atoms with Gasteiger partial charge in [0.05, 0.1) is 11.2 Å². The van der Waals surface area contributed by atoms with Crippen LogP contribution in [0.5, 0.6) is 0 Å². The number of benzene rings is 2. The Hall–Kier alpha value is -2.50. The monoisotopic (exact) mass is 460 g/mol. The summed E-state index contributed by atoms with van der Waals surface area (Å²) in [5, 5.41) is 5.46. The minimum Gasteiger partial charge on any atom is -0.339 e. The fourth-order valence-electron chi connectivity index (χ4n) is 6.02. The Labute approximate surface area is 199 Å². The fourth-order valence-corrected chi connectivity index (χ4v) is 6.34. The molecule has 3 aromatic rings. The zero-order chi connectivity index (χ0) is 22.7. The van der Waals surface area contributed by atoms with E-state index in [0.29, 0.717) is 40.5 Å². The molecule has 1 aromatic heterocycles. The van der Waals surface area contributed by atoms with Crippen molar-refractivity contribution >= 4 is 28.4 Å². The smallest absolute Gasteiger partial charge is 0.253 e. The van der Waals surface area contributed by atoms with Crippen LogP contribution < -0.4 is 5.32 Å². The molecule has 2 saturated heterocycles. The summed E-state index contributed by atoms with van der Waals surface area (Å²) in [7, 11) is 1.94. The molecule has 4 atom stereocenters. The standard InChI is InChI=1S/C27H29ClN4O/c1-15-29-25-6-4-3-5-21(25)26(30-15)23-14-22(23)20-10-7-16(11-24(20)28)27(33)32(2)19-12-17-8-9-18(13-19)31-17/h3-7,10-11,17-19,22-23,31H,8-9,12-14H2,1-2H3/t17?,18?,19?,22-,23+/m0/s1. The van der Waals surface area contributed by atoms with Crippen molar-refractivity contribution in [1.82, 2.24) is 20.2 Å². The number of halogens is 1. The van der Waals surface area contributed by atoms with E-state index in [1.807, 2.05) is 49.2 Å². The molecular formula is C27H29ClN4O. The number of carbonyl (C=O) groups excluding carboxylic acids is 1. The van der Waals surface area contributed by atoms with Gasteiger partial charge in [-0.2, -0.15) is 0 Å². The predicted molar refractivity (Wildman–Crippen MR) is 131 cm³/mol. The van der Waals surface area contributed by atoms with Crippen LogP contribution in [-0.2, 0) is 0 Å². The van der Waals surface area contributed by atoms with Gasteiger partial charge in [0, 0.05) is 47.1 Å². The lowest BCUT2D eigenvalue weighted by molar-refractivity contribution is 0.0681.